The van der Waals surface area contributed by atoms with Gasteiger partial charge in [0.2, 0.25) is 5.88 Å². The molecule has 0 spiro atoms. The number of ether oxygens (including phenoxy) is 2. The zero-order valence-corrected chi connectivity index (χ0v) is 27.7. The standard InChI is InChI=1S/C35H41BClFN4O4/c1-34(2)35(3,4)46-36(45-34)25-9-11-31-30(18-25)39-32(42(31)20-27-14-17-43-27)21-41-15-12-23(13-16-41)29-6-5-7-33(40-29)44-22-24-8-10-26(37)19-28(24)38/h5-11,18-19,23,27H,12-17,20-22H2,1-4H3. The van der Waals surface area contributed by atoms with E-state index in [1.807, 2.05) is 12.1 Å². The second-order valence-electron chi connectivity index (χ2n) is 13.7. The number of halogens is 2. The highest BCUT2D eigenvalue weighted by atomic mass is 35.5. The third-order valence-corrected chi connectivity index (χ3v) is 10.3. The molecule has 3 saturated heterocycles. The highest BCUT2D eigenvalue weighted by molar-refractivity contribution is 6.62. The van der Waals surface area contributed by atoms with Crippen molar-refractivity contribution in [2.75, 3.05) is 19.7 Å². The predicted molar refractivity (Wildman–Crippen MR) is 177 cm³/mol. The third-order valence-electron chi connectivity index (χ3n) is 10.1. The fraction of sp³-hybridized carbons (Fsp3) is 0.486. The van der Waals surface area contributed by atoms with E-state index in [9.17, 15) is 4.39 Å². The van der Waals surface area contributed by atoms with Gasteiger partial charge in [0.05, 0.1) is 41.4 Å². The molecule has 0 bridgehead atoms. The molecule has 0 saturated carbocycles. The number of pyridine rings is 1. The van der Waals surface area contributed by atoms with Crippen LogP contribution in [0.15, 0.2) is 54.6 Å². The summed E-state index contributed by atoms with van der Waals surface area (Å²) in [5, 5.41) is 0.365. The normalized spacial score (nSPS) is 21.5. The molecule has 2 aromatic heterocycles. The van der Waals surface area contributed by atoms with E-state index in [0.717, 1.165) is 80.1 Å². The number of hydrogen-bond donors (Lipinski definition) is 0. The molecule has 0 aliphatic carbocycles. The van der Waals surface area contributed by atoms with E-state index in [2.05, 4.69) is 61.4 Å². The van der Waals surface area contributed by atoms with E-state index in [-0.39, 0.29) is 18.5 Å². The SMILES string of the molecule is CC1(C)OB(c2ccc3c(c2)nc(CN2CCC(c4cccc(OCc5ccc(Cl)cc5F)n4)CC2)n3CC2CCO2)OC1(C)C. The monoisotopic (exact) mass is 646 g/mol. The van der Waals surface area contributed by atoms with E-state index >= 15 is 0 Å². The van der Waals surface area contributed by atoms with Gasteiger partial charge in [-0.05, 0) is 95.8 Å². The van der Waals surface area contributed by atoms with Gasteiger partial charge in [-0.1, -0.05) is 29.8 Å². The summed E-state index contributed by atoms with van der Waals surface area (Å²) in [6, 6.07) is 16.8. The van der Waals surface area contributed by atoms with Crippen LogP contribution in [0, 0.1) is 5.82 Å². The number of likely N-dealkylation sites (tertiary alicyclic amines) is 1. The van der Waals surface area contributed by atoms with Gasteiger partial charge in [0, 0.05) is 34.9 Å². The maximum atomic E-state index is 14.2. The first-order valence-corrected chi connectivity index (χ1v) is 16.6. The van der Waals surface area contributed by atoms with E-state index in [4.69, 9.17) is 40.4 Å². The Labute approximate surface area is 275 Å². The number of aromatic nitrogens is 3. The average molecular weight is 647 g/mol. The Morgan fingerprint density at radius 2 is 1.74 bits per heavy atom. The lowest BCUT2D eigenvalue weighted by molar-refractivity contribution is -0.0592. The molecule has 1 atom stereocenters. The molecular weight excluding hydrogens is 606 g/mol. The summed E-state index contributed by atoms with van der Waals surface area (Å²) in [5.41, 5.74) is 3.72. The molecule has 46 heavy (non-hydrogen) atoms. The second kappa shape index (κ2) is 12.5. The Kier molecular flexibility index (Phi) is 8.61. The van der Waals surface area contributed by atoms with Crippen LogP contribution in [0.3, 0.4) is 0 Å². The smallest absolute Gasteiger partial charge is 0.473 e. The summed E-state index contributed by atoms with van der Waals surface area (Å²) in [5.74, 6) is 1.51. The van der Waals surface area contributed by atoms with Crippen molar-refractivity contribution in [2.24, 2.45) is 0 Å². The van der Waals surface area contributed by atoms with Gasteiger partial charge in [-0.15, -0.1) is 0 Å². The molecule has 3 fully saturated rings. The summed E-state index contributed by atoms with van der Waals surface area (Å²) in [6.45, 7) is 12.7. The average Bonchev–Trinajstić information content (AvgIpc) is 3.45. The van der Waals surface area contributed by atoms with Crippen LogP contribution in [0.2, 0.25) is 5.02 Å². The van der Waals surface area contributed by atoms with Crippen LogP contribution in [0.1, 0.15) is 70.0 Å². The van der Waals surface area contributed by atoms with Crippen molar-refractivity contribution in [3.8, 4) is 5.88 Å². The zero-order chi connectivity index (χ0) is 32.1. The van der Waals surface area contributed by atoms with Crippen LogP contribution in [-0.4, -0.2) is 63.6 Å². The van der Waals surface area contributed by atoms with E-state index in [0.29, 0.717) is 22.4 Å². The summed E-state index contributed by atoms with van der Waals surface area (Å²) < 4.78 is 40.9. The van der Waals surface area contributed by atoms with Crippen LogP contribution in [-0.2, 0) is 33.7 Å². The van der Waals surface area contributed by atoms with Gasteiger partial charge < -0.3 is 23.3 Å². The molecule has 11 heteroatoms. The van der Waals surface area contributed by atoms with E-state index in [1.165, 1.54) is 6.07 Å². The van der Waals surface area contributed by atoms with E-state index in [1.54, 1.807) is 12.1 Å². The molecule has 8 nitrogen and oxygen atoms in total. The number of benzene rings is 2. The number of rotatable bonds is 9. The Morgan fingerprint density at radius 3 is 2.43 bits per heavy atom. The third kappa shape index (κ3) is 6.43. The maximum Gasteiger partial charge on any atom is 0.494 e. The molecule has 2 aromatic carbocycles. The van der Waals surface area contributed by atoms with Crippen molar-refractivity contribution in [3.63, 3.8) is 0 Å². The first kappa shape index (κ1) is 31.6. The minimum atomic E-state index is -0.423. The maximum absolute atomic E-state index is 14.2. The fourth-order valence-electron chi connectivity index (χ4n) is 6.39. The minimum Gasteiger partial charge on any atom is -0.473 e. The Bertz CT molecular complexity index is 1700. The van der Waals surface area contributed by atoms with Gasteiger partial charge in [0.25, 0.3) is 0 Å². The van der Waals surface area contributed by atoms with Crippen molar-refractivity contribution < 1.29 is 23.2 Å². The first-order chi connectivity index (χ1) is 22.0. The molecule has 7 rings (SSSR count). The highest BCUT2D eigenvalue weighted by Gasteiger charge is 2.51. The van der Waals surface area contributed by atoms with Gasteiger partial charge in [-0.2, -0.15) is 0 Å². The molecule has 3 aliphatic rings. The molecule has 5 heterocycles. The number of nitrogens with zero attached hydrogens (tertiary/aromatic N) is 4. The van der Waals surface area contributed by atoms with E-state index < -0.39 is 18.3 Å². The lowest BCUT2D eigenvalue weighted by Gasteiger charge is -2.32. The van der Waals surface area contributed by atoms with Crippen LogP contribution >= 0.6 is 11.6 Å². The van der Waals surface area contributed by atoms with Gasteiger partial charge in [0.15, 0.2) is 0 Å². The summed E-state index contributed by atoms with van der Waals surface area (Å²) in [6.07, 6.45) is 3.27. The van der Waals surface area contributed by atoms with Crippen molar-refractivity contribution in [3.05, 3.63) is 82.5 Å². The van der Waals surface area contributed by atoms with Crippen molar-refractivity contribution in [2.45, 2.75) is 89.9 Å². The van der Waals surface area contributed by atoms with Crippen LogP contribution < -0.4 is 10.2 Å². The van der Waals surface area contributed by atoms with Gasteiger partial charge in [0.1, 0.15) is 18.2 Å². The minimum absolute atomic E-state index is 0.100. The fourth-order valence-corrected chi connectivity index (χ4v) is 6.55. The molecule has 0 N–H and O–H groups in total. The van der Waals surface area contributed by atoms with Crippen molar-refractivity contribution in [1.82, 2.24) is 19.4 Å². The molecule has 4 aromatic rings. The van der Waals surface area contributed by atoms with Crippen LogP contribution in [0.25, 0.3) is 11.0 Å². The predicted octanol–water partition coefficient (Wildman–Crippen LogP) is 6.27. The highest BCUT2D eigenvalue weighted by Crippen LogP contribution is 2.37. The van der Waals surface area contributed by atoms with Crippen molar-refractivity contribution in [1.29, 1.82) is 0 Å². The molecule has 0 amide bonds. The molecule has 3 aliphatic heterocycles. The van der Waals surface area contributed by atoms with Crippen LogP contribution in [0.4, 0.5) is 4.39 Å². The molecule has 242 valence electrons. The first-order valence-electron chi connectivity index (χ1n) is 16.3. The molecule has 0 radical (unpaired) electrons. The lowest BCUT2D eigenvalue weighted by Crippen LogP contribution is -2.41. The Balaban J connectivity index is 1.02. The topological polar surface area (TPSA) is 70.9 Å². The van der Waals surface area contributed by atoms with Crippen LogP contribution in [0.5, 0.6) is 5.88 Å². The lowest BCUT2D eigenvalue weighted by atomic mass is 9.79. The van der Waals surface area contributed by atoms with Gasteiger partial charge in [-0.3, -0.25) is 4.90 Å². The number of imidazole rings is 1. The second-order valence-corrected chi connectivity index (χ2v) is 14.2. The van der Waals surface area contributed by atoms with Gasteiger partial charge in [-0.25, -0.2) is 14.4 Å². The zero-order valence-electron chi connectivity index (χ0n) is 27.0. The quantitative estimate of drug-likeness (QED) is 0.199. The summed E-state index contributed by atoms with van der Waals surface area (Å²) >= 11 is 5.88. The number of piperidine rings is 1. The molecule has 1 unspecified atom stereocenters. The summed E-state index contributed by atoms with van der Waals surface area (Å²) in [4.78, 5) is 12.4. The van der Waals surface area contributed by atoms with Gasteiger partial charge >= 0.3 is 7.12 Å². The Morgan fingerprint density at radius 1 is 0.978 bits per heavy atom. The Hall–Kier alpha value is -3.02. The van der Waals surface area contributed by atoms with Crippen molar-refractivity contribution >= 4 is 35.2 Å². The summed E-state index contributed by atoms with van der Waals surface area (Å²) in [7, 11) is -0.423. The largest absolute Gasteiger partial charge is 0.494 e. The number of hydrogen-bond acceptors (Lipinski definition) is 7. The molecular formula is C35H41BClFN4O4. The number of fused-ring (bicyclic) bond motifs is 1.